The molecule has 0 saturated heterocycles. The van der Waals surface area contributed by atoms with E-state index in [0.717, 1.165) is 17.6 Å². The predicted molar refractivity (Wildman–Crippen MR) is 135 cm³/mol. The molecule has 2 N–H and O–H groups in total. The van der Waals surface area contributed by atoms with Crippen molar-refractivity contribution in [1.82, 2.24) is 0 Å². The molecule has 2 aliphatic heterocycles. The maximum absolute atomic E-state index is 12.2. The minimum Gasteiger partial charge on any atom is -0.458 e. The summed E-state index contributed by atoms with van der Waals surface area (Å²) in [5.74, 6) is -1.25. The van der Waals surface area contributed by atoms with Crippen LogP contribution in [-0.2, 0) is 19.1 Å². The highest BCUT2D eigenvalue weighted by Crippen LogP contribution is 2.62. The van der Waals surface area contributed by atoms with Gasteiger partial charge in [-0.25, -0.2) is 9.59 Å². The van der Waals surface area contributed by atoms with Crippen LogP contribution in [0.3, 0.4) is 0 Å². The molecule has 5 rings (SSSR count). The van der Waals surface area contributed by atoms with Crippen LogP contribution in [0, 0.1) is 23.2 Å². The fraction of sp³-hybridized carbons (Fsp3) is 0.600. The van der Waals surface area contributed by atoms with Gasteiger partial charge in [-0.2, -0.15) is 0 Å². The molecule has 0 radical (unpaired) electrons. The Labute approximate surface area is 213 Å². The molecule has 0 aromatic rings. The molecular formula is C30H38O6. The molecule has 194 valence electrons. The first-order valence-corrected chi connectivity index (χ1v) is 13.1. The van der Waals surface area contributed by atoms with E-state index in [1.165, 1.54) is 17.2 Å². The van der Waals surface area contributed by atoms with E-state index in [1.54, 1.807) is 13.0 Å². The van der Waals surface area contributed by atoms with Crippen molar-refractivity contribution in [3.05, 3.63) is 58.2 Å². The Morgan fingerprint density at radius 1 is 1.11 bits per heavy atom. The third-order valence-corrected chi connectivity index (χ3v) is 9.60. The lowest BCUT2D eigenvalue weighted by Crippen LogP contribution is -2.44. The maximum Gasteiger partial charge on any atom is 0.333 e. The predicted octanol–water partition coefficient (Wildman–Crippen LogP) is 4.49. The fourth-order valence-corrected chi connectivity index (χ4v) is 7.67. The molecule has 2 heterocycles. The highest BCUT2D eigenvalue weighted by molar-refractivity contribution is 5.88. The molecule has 0 spiro atoms. The Morgan fingerprint density at radius 3 is 2.53 bits per heavy atom. The average molecular weight is 495 g/mol. The van der Waals surface area contributed by atoms with Crippen molar-refractivity contribution in [2.24, 2.45) is 23.2 Å². The van der Waals surface area contributed by atoms with E-state index in [1.807, 2.05) is 26.0 Å². The molecule has 6 heteroatoms. The second kappa shape index (κ2) is 8.29. The number of ether oxygens (including phenoxy) is 2. The first kappa shape index (κ1) is 25.2. The second-order valence-electron chi connectivity index (χ2n) is 12.2. The minimum absolute atomic E-state index is 0.0393. The van der Waals surface area contributed by atoms with Crippen molar-refractivity contribution in [1.29, 1.82) is 0 Å². The van der Waals surface area contributed by atoms with Crippen LogP contribution in [0.25, 0.3) is 0 Å². The van der Waals surface area contributed by atoms with Gasteiger partial charge < -0.3 is 19.7 Å². The first-order chi connectivity index (χ1) is 16.8. The van der Waals surface area contributed by atoms with E-state index in [0.29, 0.717) is 24.8 Å². The monoisotopic (exact) mass is 494 g/mol. The van der Waals surface area contributed by atoms with E-state index in [9.17, 15) is 19.8 Å². The molecule has 1 fully saturated rings. The van der Waals surface area contributed by atoms with Crippen LogP contribution in [0.2, 0.25) is 0 Å². The zero-order valence-corrected chi connectivity index (χ0v) is 22.1. The number of aliphatic hydroxyl groups excluding tert-OH is 1. The summed E-state index contributed by atoms with van der Waals surface area (Å²) in [5, 5.41) is 23.6. The fourth-order valence-electron chi connectivity index (χ4n) is 7.67. The van der Waals surface area contributed by atoms with Gasteiger partial charge in [-0.05, 0) is 68.7 Å². The molecule has 1 saturated carbocycles. The molecule has 6 nitrogen and oxygen atoms in total. The summed E-state index contributed by atoms with van der Waals surface area (Å²) < 4.78 is 11.4. The lowest BCUT2D eigenvalue weighted by atomic mass is 9.64. The van der Waals surface area contributed by atoms with Crippen LogP contribution in [0.4, 0.5) is 0 Å². The topological polar surface area (TPSA) is 93.1 Å². The number of cyclic esters (lactones) is 2. The summed E-state index contributed by atoms with van der Waals surface area (Å²) in [6.07, 6.45) is 10.6. The van der Waals surface area contributed by atoms with Gasteiger partial charge in [0.2, 0.25) is 0 Å². The lowest BCUT2D eigenvalue weighted by Gasteiger charge is -2.42. The number of rotatable bonds is 2. The standard InChI is InChI=1S/C30H38O6/c1-16-7-9-23(35-27(16)33)18(3)20-11-12-29(6)21(17(20)2)15-30(34)14-19-8-10-25(32)36-28(4,5)26(19)22(31)13-24(29)30/h7-8,10-11,14,18,22-24,26,31,34H,9,12-13,15H2,1-6H3/t18?,22-,23?,24?,26?,29-,30-/m1/s1. The number of hydrogen-bond donors (Lipinski definition) is 2. The summed E-state index contributed by atoms with van der Waals surface area (Å²) in [4.78, 5) is 24.3. The van der Waals surface area contributed by atoms with Gasteiger partial charge >= 0.3 is 11.9 Å². The maximum atomic E-state index is 12.2. The van der Waals surface area contributed by atoms with Gasteiger partial charge in [0.25, 0.3) is 0 Å². The van der Waals surface area contributed by atoms with Crippen molar-refractivity contribution in [3.63, 3.8) is 0 Å². The number of aliphatic hydroxyl groups is 2. The third kappa shape index (κ3) is 3.76. The summed E-state index contributed by atoms with van der Waals surface area (Å²) in [6, 6.07) is 0. The molecule has 3 aliphatic carbocycles. The normalized spacial score (nSPS) is 40.4. The van der Waals surface area contributed by atoms with Crippen LogP contribution in [0.15, 0.2) is 58.2 Å². The van der Waals surface area contributed by atoms with E-state index < -0.39 is 29.2 Å². The highest BCUT2D eigenvalue weighted by atomic mass is 16.6. The van der Waals surface area contributed by atoms with Gasteiger partial charge in [-0.15, -0.1) is 0 Å². The largest absolute Gasteiger partial charge is 0.458 e. The Hall–Kier alpha value is -2.44. The van der Waals surface area contributed by atoms with Crippen molar-refractivity contribution in [3.8, 4) is 0 Å². The van der Waals surface area contributed by atoms with Gasteiger partial charge in [0.1, 0.15) is 11.7 Å². The zero-order valence-electron chi connectivity index (χ0n) is 22.1. The van der Waals surface area contributed by atoms with Gasteiger partial charge in [0, 0.05) is 42.2 Å². The molecular weight excluding hydrogens is 456 g/mol. The van der Waals surface area contributed by atoms with E-state index in [2.05, 4.69) is 26.8 Å². The lowest BCUT2D eigenvalue weighted by molar-refractivity contribution is -0.157. The minimum atomic E-state index is -1.14. The molecule has 7 atom stereocenters. The number of allylic oxidation sites excluding steroid dienone is 3. The summed E-state index contributed by atoms with van der Waals surface area (Å²) in [5.41, 5.74) is 2.59. The Balaban J connectivity index is 1.52. The quantitative estimate of drug-likeness (QED) is 0.550. The summed E-state index contributed by atoms with van der Waals surface area (Å²) in [7, 11) is 0. The zero-order chi connectivity index (χ0) is 26.2. The van der Waals surface area contributed by atoms with Gasteiger partial charge in [0.15, 0.2) is 0 Å². The highest BCUT2D eigenvalue weighted by Gasteiger charge is 2.60. The second-order valence-corrected chi connectivity index (χ2v) is 12.2. The SMILES string of the molecule is CC1=CCC(C(C)C2=CC[C@]3(C)C(=C2C)C[C@]2(O)C=C4C=CC(=O)OC(C)(C)C4[C@H](O)CC23)OC1=O. The van der Waals surface area contributed by atoms with Crippen molar-refractivity contribution < 1.29 is 29.3 Å². The van der Waals surface area contributed by atoms with E-state index in [-0.39, 0.29) is 29.3 Å². The molecule has 5 aliphatic rings. The van der Waals surface area contributed by atoms with Gasteiger partial charge in [0.05, 0.1) is 11.7 Å². The summed E-state index contributed by atoms with van der Waals surface area (Å²) in [6.45, 7) is 11.9. The average Bonchev–Trinajstić information content (AvgIpc) is 2.86. The Kier molecular flexibility index (Phi) is 5.80. The smallest absolute Gasteiger partial charge is 0.333 e. The molecule has 0 amide bonds. The number of carbonyl (C=O) groups excluding carboxylic acids is 2. The van der Waals surface area contributed by atoms with Crippen LogP contribution in [0.5, 0.6) is 0 Å². The van der Waals surface area contributed by atoms with Crippen LogP contribution >= 0.6 is 0 Å². The first-order valence-electron chi connectivity index (χ1n) is 13.1. The van der Waals surface area contributed by atoms with Crippen LogP contribution < -0.4 is 0 Å². The van der Waals surface area contributed by atoms with Gasteiger partial charge in [-0.3, -0.25) is 0 Å². The number of fused-ring (bicyclic) bond motifs is 4. The summed E-state index contributed by atoms with van der Waals surface area (Å²) >= 11 is 0. The molecule has 0 aromatic carbocycles. The van der Waals surface area contributed by atoms with Crippen molar-refractivity contribution in [2.45, 2.75) is 90.6 Å². The Bertz CT molecular complexity index is 1170. The number of esters is 2. The molecule has 0 bridgehead atoms. The molecule has 36 heavy (non-hydrogen) atoms. The molecule has 0 aromatic heterocycles. The van der Waals surface area contributed by atoms with E-state index in [4.69, 9.17) is 9.47 Å². The molecule has 4 unspecified atom stereocenters. The number of hydrogen-bond acceptors (Lipinski definition) is 6. The van der Waals surface area contributed by atoms with Gasteiger partial charge in [-0.1, -0.05) is 37.6 Å². The van der Waals surface area contributed by atoms with Crippen LogP contribution in [-0.4, -0.2) is 45.6 Å². The third-order valence-electron chi connectivity index (χ3n) is 9.60. The van der Waals surface area contributed by atoms with Crippen molar-refractivity contribution in [2.75, 3.05) is 0 Å². The number of carbonyl (C=O) groups is 2. The van der Waals surface area contributed by atoms with Crippen LogP contribution in [0.1, 0.15) is 67.2 Å². The Morgan fingerprint density at radius 2 is 1.83 bits per heavy atom. The van der Waals surface area contributed by atoms with Crippen molar-refractivity contribution >= 4 is 11.9 Å². The van der Waals surface area contributed by atoms with E-state index >= 15 is 0 Å².